The lowest BCUT2D eigenvalue weighted by Gasteiger charge is -2.62. The number of rotatable bonds is 6. The number of hydrogen-bond acceptors (Lipinski definition) is 4. The zero-order valence-corrected chi connectivity index (χ0v) is 27.6. The number of hydrogen-bond donors (Lipinski definition) is 2. The van der Waals surface area contributed by atoms with Crippen molar-refractivity contribution in [3.63, 3.8) is 0 Å². The maximum atomic E-state index is 14.3. The van der Waals surface area contributed by atoms with Gasteiger partial charge < -0.3 is 10.2 Å². The molecule has 0 saturated heterocycles. The van der Waals surface area contributed by atoms with Gasteiger partial charge in [0.25, 0.3) is 0 Å². The van der Waals surface area contributed by atoms with Crippen LogP contribution in [0.1, 0.15) is 117 Å². The van der Waals surface area contributed by atoms with Crippen molar-refractivity contribution in [2.75, 3.05) is 0 Å². The maximum Gasteiger partial charge on any atom is 0.417 e. The number of alkyl halides is 3. The number of fused-ring (bicyclic) bond motifs is 5. The lowest BCUT2D eigenvalue weighted by molar-refractivity contribution is -0.290. The van der Waals surface area contributed by atoms with Crippen LogP contribution >= 0.6 is 0 Å². The second kappa shape index (κ2) is 11.2. The predicted molar refractivity (Wildman–Crippen MR) is 165 cm³/mol. The van der Waals surface area contributed by atoms with E-state index in [1.54, 1.807) is 24.3 Å². The molecule has 0 amide bonds. The molecule has 4 nitrogen and oxygen atoms in total. The van der Waals surface area contributed by atoms with Gasteiger partial charge in [0.15, 0.2) is 15.4 Å². The molecule has 5 fully saturated rings. The highest BCUT2D eigenvalue weighted by atomic mass is 32.2. The molecule has 5 aliphatic carbocycles. The van der Waals surface area contributed by atoms with Gasteiger partial charge in [-0.3, -0.25) is 0 Å². The van der Waals surface area contributed by atoms with Gasteiger partial charge in [-0.25, -0.2) is 8.42 Å². The standard InChI is InChI=1S/C36H53F3O4S/c1-24(31(23-34(40)17-8-5-9-18-34)44(42,43)26-10-6-4-7-11-26)28-14-15-29-27-13-12-25-22-35(41,36(37,38)39)21-20-32(25,2)30(27)16-19-33(28,29)3/h4,6-7,10-11,24-25,27-31,40-41H,5,8-9,12-23H2,1-3H3/t24-,25-,27-,28+,29-,30-,31?,32-,33+,35?/m0/s1. The van der Waals surface area contributed by atoms with Crippen LogP contribution in [0.25, 0.3) is 0 Å². The van der Waals surface area contributed by atoms with E-state index in [2.05, 4.69) is 20.8 Å². The molecule has 0 bridgehead atoms. The van der Waals surface area contributed by atoms with Crippen LogP contribution in [0.5, 0.6) is 0 Å². The van der Waals surface area contributed by atoms with E-state index >= 15 is 0 Å². The van der Waals surface area contributed by atoms with Crippen molar-refractivity contribution >= 4 is 9.84 Å². The zero-order valence-electron chi connectivity index (χ0n) is 26.8. The molecule has 10 atom stereocenters. The third-order valence-corrected chi connectivity index (χ3v) is 16.7. The van der Waals surface area contributed by atoms with Crippen molar-refractivity contribution in [1.29, 1.82) is 0 Å². The second-order valence-corrected chi connectivity index (χ2v) is 18.5. The quantitative estimate of drug-likeness (QED) is 0.328. The fourth-order valence-corrected chi connectivity index (χ4v) is 14.0. The first kappa shape index (κ1) is 32.8. The Morgan fingerprint density at radius 2 is 1.50 bits per heavy atom. The Morgan fingerprint density at radius 3 is 2.16 bits per heavy atom. The third kappa shape index (κ3) is 5.29. The molecular formula is C36H53F3O4S. The maximum absolute atomic E-state index is 14.3. The summed E-state index contributed by atoms with van der Waals surface area (Å²) in [4.78, 5) is 0.335. The molecule has 248 valence electrons. The summed E-state index contributed by atoms with van der Waals surface area (Å²) in [6, 6.07) is 8.76. The molecule has 44 heavy (non-hydrogen) atoms. The summed E-state index contributed by atoms with van der Waals surface area (Å²) >= 11 is 0. The minimum absolute atomic E-state index is 0.0369. The molecule has 5 saturated carbocycles. The molecule has 5 aliphatic rings. The lowest BCUT2D eigenvalue weighted by Crippen LogP contribution is -2.59. The largest absolute Gasteiger partial charge is 0.417 e. The Balaban J connectivity index is 1.26. The van der Waals surface area contributed by atoms with Crippen molar-refractivity contribution in [3.8, 4) is 0 Å². The summed E-state index contributed by atoms with van der Waals surface area (Å²) < 4.78 is 70.1. The Labute approximate surface area is 262 Å². The molecule has 2 unspecified atom stereocenters. The highest BCUT2D eigenvalue weighted by molar-refractivity contribution is 7.92. The van der Waals surface area contributed by atoms with E-state index in [1.165, 1.54) is 0 Å². The zero-order chi connectivity index (χ0) is 31.8. The average molecular weight is 639 g/mol. The summed E-state index contributed by atoms with van der Waals surface area (Å²) in [5.41, 5.74) is -3.76. The molecule has 6 rings (SSSR count). The number of halogens is 3. The minimum atomic E-state index is -4.59. The molecule has 0 aliphatic heterocycles. The molecule has 1 aromatic carbocycles. The first-order valence-corrected chi connectivity index (χ1v) is 18.9. The van der Waals surface area contributed by atoms with Gasteiger partial charge in [-0.05, 0) is 136 Å². The topological polar surface area (TPSA) is 74.6 Å². The van der Waals surface area contributed by atoms with E-state index in [-0.39, 0.29) is 47.8 Å². The smallest absolute Gasteiger partial charge is 0.390 e. The highest BCUT2D eigenvalue weighted by Gasteiger charge is 2.65. The van der Waals surface area contributed by atoms with Crippen LogP contribution in [0.15, 0.2) is 35.2 Å². The number of sulfone groups is 1. The first-order valence-electron chi connectivity index (χ1n) is 17.3. The molecule has 0 spiro atoms. The van der Waals surface area contributed by atoms with Gasteiger partial charge in [-0.2, -0.15) is 13.2 Å². The Kier molecular flexibility index (Phi) is 8.39. The summed E-state index contributed by atoms with van der Waals surface area (Å²) in [6.45, 7) is 6.70. The molecule has 0 radical (unpaired) electrons. The number of aliphatic hydroxyl groups is 2. The van der Waals surface area contributed by atoms with Crippen molar-refractivity contribution in [2.45, 2.75) is 145 Å². The van der Waals surface area contributed by atoms with Gasteiger partial charge in [0.05, 0.1) is 15.7 Å². The Bertz CT molecular complexity index is 1290. The van der Waals surface area contributed by atoms with Gasteiger partial charge in [0, 0.05) is 0 Å². The SMILES string of the molecule is C[C@H](C(CC1(O)CCCCC1)S(=O)(=O)c1ccccc1)[C@H]1CC[C@H]2[C@@H]3CC[C@H]4CC(O)(C(F)(F)F)CC[C@]4(C)[C@H]3CC[C@]12C. The van der Waals surface area contributed by atoms with Crippen LogP contribution in [-0.4, -0.2) is 41.3 Å². The van der Waals surface area contributed by atoms with E-state index in [4.69, 9.17) is 0 Å². The molecular weight excluding hydrogens is 585 g/mol. The van der Waals surface area contributed by atoms with Crippen LogP contribution in [0.3, 0.4) is 0 Å². The van der Waals surface area contributed by atoms with Gasteiger partial charge in [-0.15, -0.1) is 0 Å². The van der Waals surface area contributed by atoms with Crippen molar-refractivity contribution < 1.29 is 31.8 Å². The summed E-state index contributed by atoms with van der Waals surface area (Å²) in [5, 5.41) is 21.6. The normalized spacial score (nSPS) is 42.0. The van der Waals surface area contributed by atoms with Gasteiger partial charge in [0.1, 0.15) is 0 Å². The molecule has 8 heteroatoms. The molecule has 0 aromatic heterocycles. The monoisotopic (exact) mass is 638 g/mol. The Hall–Kier alpha value is -1.12. The van der Waals surface area contributed by atoms with Gasteiger partial charge in [-0.1, -0.05) is 58.2 Å². The van der Waals surface area contributed by atoms with Crippen LogP contribution in [-0.2, 0) is 9.84 Å². The highest BCUT2D eigenvalue weighted by Crippen LogP contribution is 2.69. The van der Waals surface area contributed by atoms with Crippen LogP contribution in [0.2, 0.25) is 0 Å². The van der Waals surface area contributed by atoms with E-state index in [9.17, 15) is 31.8 Å². The first-order chi connectivity index (χ1) is 20.5. The average Bonchev–Trinajstić information content (AvgIpc) is 3.33. The van der Waals surface area contributed by atoms with Crippen molar-refractivity contribution in [3.05, 3.63) is 30.3 Å². The fourth-order valence-electron chi connectivity index (χ4n) is 11.8. The summed E-state index contributed by atoms with van der Waals surface area (Å²) in [5.74, 6) is 1.15. The molecule has 2 N–H and O–H groups in total. The van der Waals surface area contributed by atoms with E-state index in [0.717, 1.165) is 57.8 Å². The van der Waals surface area contributed by atoms with Crippen molar-refractivity contribution in [1.82, 2.24) is 0 Å². The lowest BCUT2D eigenvalue weighted by atomic mass is 9.43. The molecule has 0 heterocycles. The van der Waals surface area contributed by atoms with Gasteiger partial charge >= 0.3 is 6.18 Å². The Morgan fingerprint density at radius 1 is 0.841 bits per heavy atom. The minimum Gasteiger partial charge on any atom is -0.390 e. The van der Waals surface area contributed by atoms with Crippen LogP contribution < -0.4 is 0 Å². The predicted octanol–water partition coefficient (Wildman–Crippen LogP) is 8.50. The number of benzene rings is 1. The van der Waals surface area contributed by atoms with Crippen molar-refractivity contribution in [2.24, 2.45) is 46.3 Å². The van der Waals surface area contributed by atoms with E-state index in [0.29, 0.717) is 41.9 Å². The van der Waals surface area contributed by atoms with Gasteiger partial charge in [0.2, 0.25) is 0 Å². The van der Waals surface area contributed by atoms with E-state index < -0.39 is 32.5 Å². The second-order valence-electron chi connectivity index (χ2n) is 16.4. The fraction of sp³-hybridized carbons (Fsp3) is 0.833. The molecule has 1 aromatic rings. The summed E-state index contributed by atoms with van der Waals surface area (Å²) in [6.07, 6.45) is 5.45. The van der Waals surface area contributed by atoms with Crippen LogP contribution in [0, 0.1) is 46.3 Å². The van der Waals surface area contributed by atoms with Crippen LogP contribution in [0.4, 0.5) is 13.2 Å². The third-order valence-electron chi connectivity index (χ3n) is 14.4. The van der Waals surface area contributed by atoms with E-state index in [1.807, 2.05) is 6.07 Å². The summed E-state index contributed by atoms with van der Waals surface area (Å²) in [7, 11) is -3.69.